The second kappa shape index (κ2) is 3.78. The highest BCUT2D eigenvalue weighted by atomic mass is 32.1. The fourth-order valence-corrected chi connectivity index (χ4v) is 2.12. The van der Waals surface area contributed by atoms with Crippen molar-refractivity contribution in [2.24, 2.45) is 0 Å². The third kappa shape index (κ3) is 2.26. The standard InChI is InChI=1S/C13H15NS/c1-13(2,3)11-6-4-5-10(7-11)12-8-14-9-15-12/h4-9H,1-3H3. The zero-order valence-electron chi connectivity index (χ0n) is 9.32. The van der Waals surface area contributed by atoms with E-state index in [-0.39, 0.29) is 5.41 Å². The number of benzene rings is 1. The predicted octanol–water partition coefficient (Wildman–Crippen LogP) is 4.11. The van der Waals surface area contributed by atoms with Crippen LogP contribution in [0.2, 0.25) is 0 Å². The van der Waals surface area contributed by atoms with Crippen molar-refractivity contribution in [2.45, 2.75) is 26.2 Å². The summed E-state index contributed by atoms with van der Waals surface area (Å²) in [7, 11) is 0. The van der Waals surface area contributed by atoms with E-state index in [0.717, 1.165) is 0 Å². The lowest BCUT2D eigenvalue weighted by molar-refractivity contribution is 0.590. The van der Waals surface area contributed by atoms with Crippen molar-refractivity contribution in [2.75, 3.05) is 0 Å². The van der Waals surface area contributed by atoms with Gasteiger partial charge in [-0.1, -0.05) is 39.0 Å². The van der Waals surface area contributed by atoms with E-state index in [1.807, 2.05) is 11.7 Å². The summed E-state index contributed by atoms with van der Waals surface area (Å²) in [5, 5.41) is 0. The highest BCUT2D eigenvalue weighted by molar-refractivity contribution is 7.13. The van der Waals surface area contributed by atoms with E-state index in [1.165, 1.54) is 16.0 Å². The highest BCUT2D eigenvalue weighted by Gasteiger charge is 2.13. The smallest absolute Gasteiger partial charge is 0.0797 e. The minimum absolute atomic E-state index is 0.209. The van der Waals surface area contributed by atoms with Gasteiger partial charge in [0.1, 0.15) is 0 Å². The second-order valence-electron chi connectivity index (χ2n) is 4.70. The zero-order chi connectivity index (χ0) is 10.9. The summed E-state index contributed by atoms with van der Waals surface area (Å²) >= 11 is 1.68. The molecule has 1 nitrogen and oxygen atoms in total. The number of nitrogens with zero attached hydrogens (tertiary/aromatic N) is 1. The Balaban J connectivity index is 2.44. The van der Waals surface area contributed by atoms with Gasteiger partial charge in [0.2, 0.25) is 0 Å². The molecule has 1 heterocycles. The molecule has 0 unspecified atom stereocenters. The largest absolute Gasteiger partial charge is 0.252 e. The lowest BCUT2D eigenvalue weighted by Crippen LogP contribution is -2.10. The average molecular weight is 217 g/mol. The van der Waals surface area contributed by atoms with Crippen LogP contribution in [0.5, 0.6) is 0 Å². The molecule has 2 rings (SSSR count). The Hall–Kier alpha value is -1.15. The molecule has 0 bridgehead atoms. The van der Waals surface area contributed by atoms with E-state index in [9.17, 15) is 0 Å². The first-order valence-electron chi connectivity index (χ1n) is 5.07. The molecule has 0 fully saturated rings. The second-order valence-corrected chi connectivity index (χ2v) is 5.58. The predicted molar refractivity (Wildman–Crippen MR) is 66.3 cm³/mol. The summed E-state index contributed by atoms with van der Waals surface area (Å²) < 4.78 is 0. The van der Waals surface area contributed by atoms with Gasteiger partial charge >= 0.3 is 0 Å². The molecule has 0 saturated heterocycles. The fraction of sp³-hybridized carbons (Fsp3) is 0.308. The van der Waals surface area contributed by atoms with Gasteiger partial charge in [0.05, 0.1) is 10.4 Å². The number of thiazole rings is 1. The lowest BCUT2D eigenvalue weighted by atomic mass is 9.86. The summed E-state index contributed by atoms with van der Waals surface area (Å²) in [6, 6.07) is 8.70. The van der Waals surface area contributed by atoms with Gasteiger partial charge < -0.3 is 0 Å². The summed E-state index contributed by atoms with van der Waals surface area (Å²) in [6.07, 6.45) is 1.92. The molecular weight excluding hydrogens is 202 g/mol. The van der Waals surface area contributed by atoms with Gasteiger partial charge in [0.15, 0.2) is 0 Å². The van der Waals surface area contributed by atoms with Crippen LogP contribution in [0.15, 0.2) is 36.0 Å². The molecule has 2 aromatic rings. The highest BCUT2D eigenvalue weighted by Crippen LogP contribution is 2.28. The van der Waals surface area contributed by atoms with E-state index in [4.69, 9.17) is 0 Å². The summed E-state index contributed by atoms with van der Waals surface area (Å²) in [5.74, 6) is 0. The van der Waals surface area contributed by atoms with Crippen molar-refractivity contribution < 1.29 is 0 Å². The van der Waals surface area contributed by atoms with Gasteiger partial charge in [-0.25, -0.2) is 0 Å². The van der Waals surface area contributed by atoms with Crippen LogP contribution in [-0.4, -0.2) is 4.98 Å². The monoisotopic (exact) mass is 217 g/mol. The molecule has 0 saturated carbocycles. The first-order chi connectivity index (χ1) is 7.07. The molecule has 0 atom stereocenters. The molecule has 2 heteroatoms. The third-order valence-corrected chi connectivity index (χ3v) is 3.27. The van der Waals surface area contributed by atoms with E-state index in [0.29, 0.717) is 0 Å². The molecule has 0 radical (unpaired) electrons. The number of hydrogen-bond donors (Lipinski definition) is 0. The maximum absolute atomic E-state index is 4.11. The van der Waals surface area contributed by atoms with Crippen molar-refractivity contribution in [3.63, 3.8) is 0 Å². The average Bonchev–Trinajstić information content (AvgIpc) is 2.69. The van der Waals surface area contributed by atoms with Gasteiger partial charge in [-0.3, -0.25) is 4.98 Å². The van der Waals surface area contributed by atoms with E-state index in [1.54, 1.807) is 11.3 Å². The number of aromatic nitrogens is 1. The van der Waals surface area contributed by atoms with E-state index < -0.39 is 0 Å². The van der Waals surface area contributed by atoms with Gasteiger partial charge in [-0.05, 0) is 22.6 Å². The van der Waals surface area contributed by atoms with Gasteiger partial charge in [0.25, 0.3) is 0 Å². The Morgan fingerprint density at radius 1 is 1.20 bits per heavy atom. The molecule has 1 aromatic heterocycles. The van der Waals surface area contributed by atoms with Crippen LogP contribution < -0.4 is 0 Å². The molecule has 0 N–H and O–H groups in total. The Labute approximate surface area is 94.8 Å². The third-order valence-electron chi connectivity index (χ3n) is 2.45. The first kappa shape index (κ1) is 10.4. The Morgan fingerprint density at radius 3 is 2.60 bits per heavy atom. The molecule has 0 aliphatic carbocycles. The quantitative estimate of drug-likeness (QED) is 0.700. The van der Waals surface area contributed by atoms with E-state index >= 15 is 0 Å². The van der Waals surface area contributed by atoms with Crippen molar-refractivity contribution in [3.05, 3.63) is 41.5 Å². The molecule has 0 spiro atoms. The van der Waals surface area contributed by atoms with Crippen LogP contribution in [0.25, 0.3) is 10.4 Å². The number of hydrogen-bond acceptors (Lipinski definition) is 2. The fourth-order valence-electron chi connectivity index (χ4n) is 1.50. The van der Waals surface area contributed by atoms with Crippen LogP contribution in [0.3, 0.4) is 0 Å². The van der Waals surface area contributed by atoms with Crippen molar-refractivity contribution in [3.8, 4) is 10.4 Å². The molecule has 0 amide bonds. The summed E-state index contributed by atoms with van der Waals surface area (Å²) in [5.41, 5.74) is 4.72. The Bertz CT molecular complexity index is 438. The Kier molecular flexibility index (Phi) is 2.61. The summed E-state index contributed by atoms with van der Waals surface area (Å²) in [6.45, 7) is 6.70. The van der Waals surface area contributed by atoms with Crippen molar-refractivity contribution in [1.82, 2.24) is 4.98 Å². The molecular formula is C13H15NS. The zero-order valence-corrected chi connectivity index (χ0v) is 10.1. The Morgan fingerprint density at radius 2 is 2.00 bits per heavy atom. The van der Waals surface area contributed by atoms with Crippen LogP contribution in [0.4, 0.5) is 0 Å². The van der Waals surface area contributed by atoms with Crippen LogP contribution in [-0.2, 0) is 5.41 Å². The summed E-state index contributed by atoms with van der Waals surface area (Å²) in [4.78, 5) is 5.35. The SMILES string of the molecule is CC(C)(C)c1cccc(-c2cncs2)c1. The molecule has 78 valence electrons. The van der Waals surface area contributed by atoms with Gasteiger partial charge in [0, 0.05) is 6.20 Å². The number of rotatable bonds is 1. The molecule has 0 aliphatic heterocycles. The van der Waals surface area contributed by atoms with Gasteiger partial charge in [-0.15, -0.1) is 11.3 Å². The maximum Gasteiger partial charge on any atom is 0.0797 e. The maximum atomic E-state index is 4.11. The van der Waals surface area contributed by atoms with Crippen molar-refractivity contribution in [1.29, 1.82) is 0 Å². The lowest BCUT2D eigenvalue weighted by Gasteiger charge is -2.19. The molecule has 1 aromatic carbocycles. The molecule has 0 aliphatic rings. The minimum Gasteiger partial charge on any atom is -0.252 e. The first-order valence-corrected chi connectivity index (χ1v) is 5.95. The van der Waals surface area contributed by atoms with Crippen LogP contribution in [0, 0.1) is 0 Å². The molecule has 15 heavy (non-hydrogen) atoms. The van der Waals surface area contributed by atoms with Gasteiger partial charge in [-0.2, -0.15) is 0 Å². The van der Waals surface area contributed by atoms with E-state index in [2.05, 4.69) is 50.0 Å². The topological polar surface area (TPSA) is 12.9 Å². The van der Waals surface area contributed by atoms with Crippen molar-refractivity contribution >= 4 is 11.3 Å². The minimum atomic E-state index is 0.209. The van der Waals surface area contributed by atoms with Crippen LogP contribution >= 0.6 is 11.3 Å². The van der Waals surface area contributed by atoms with Crippen LogP contribution in [0.1, 0.15) is 26.3 Å². The normalized spacial score (nSPS) is 11.7.